The van der Waals surface area contributed by atoms with Crippen LogP contribution in [0.1, 0.15) is 15.9 Å². The maximum atomic E-state index is 11.7. The molecule has 2 aromatic rings. The smallest absolute Gasteiger partial charge is 0.271 e. The number of nitrogens with one attached hydrogen (secondary N) is 1. The minimum atomic E-state index is -0.399. The van der Waals surface area contributed by atoms with Crippen LogP contribution in [0.4, 0.5) is 0 Å². The van der Waals surface area contributed by atoms with E-state index in [0.717, 1.165) is 0 Å². The van der Waals surface area contributed by atoms with Gasteiger partial charge in [0.25, 0.3) is 5.91 Å². The second-order valence-corrected chi connectivity index (χ2v) is 4.07. The summed E-state index contributed by atoms with van der Waals surface area (Å²) in [7, 11) is 0. The van der Waals surface area contributed by atoms with Crippen LogP contribution in [0.15, 0.2) is 53.9 Å². The molecule has 5 nitrogen and oxygen atoms in total. The number of aromatic nitrogens is 1. The first kappa shape index (κ1) is 13.0. The van der Waals surface area contributed by atoms with E-state index in [-0.39, 0.29) is 0 Å². The lowest BCUT2D eigenvalue weighted by Gasteiger charge is -2.00. The van der Waals surface area contributed by atoms with Gasteiger partial charge in [0, 0.05) is 22.7 Å². The highest BCUT2D eigenvalue weighted by molar-refractivity contribution is 6.33. The third-order valence-electron chi connectivity index (χ3n) is 2.34. The monoisotopic (exact) mass is 275 g/mol. The van der Waals surface area contributed by atoms with Crippen molar-refractivity contribution in [3.05, 3.63) is 70.1 Å². The van der Waals surface area contributed by atoms with E-state index in [1.165, 1.54) is 30.7 Å². The number of benzene rings is 1. The molecular weight excluding hydrogens is 266 g/mol. The van der Waals surface area contributed by atoms with Gasteiger partial charge in [0.2, 0.25) is 0 Å². The van der Waals surface area contributed by atoms with Crippen LogP contribution in [-0.4, -0.2) is 12.1 Å². The summed E-state index contributed by atoms with van der Waals surface area (Å²) < 4.78 is 0.601. The standard InChI is InChI=1S/C13H10ClN3O2/c14-12-4-2-1-3-11(12)9-15-16-13(18)10-5-7-17(19)8-6-10/h1-9H,(H,16,18)/b15-9+. The predicted octanol–water partition coefficient (Wildman–Crippen LogP) is 1.74. The molecule has 1 amide bonds. The van der Waals surface area contributed by atoms with Crippen molar-refractivity contribution in [1.82, 2.24) is 5.43 Å². The van der Waals surface area contributed by atoms with Gasteiger partial charge in [-0.25, -0.2) is 5.43 Å². The zero-order chi connectivity index (χ0) is 13.7. The molecule has 0 radical (unpaired) electrons. The van der Waals surface area contributed by atoms with Crippen LogP contribution in [0.3, 0.4) is 0 Å². The zero-order valence-electron chi connectivity index (χ0n) is 9.79. The summed E-state index contributed by atoms with van der Waals surface area (Å²) in [5, 5.41) is 15.2. The fourth-order valence-electron chi connectivity index (χ4n) is 1.37. The normalized spacial score (nSPS) is 10.6. The topological polar surface area (TPSA) is 68.4 Å². The molecule has 0 aliphatic heterocycles. The van der Waals surface area contributed by atoms with E-state index >= 15 is 0 Å². The lowest BCUT2D eigenvalue weighted by atomic mass is 10.2. The van der Waals surface area contributed by atoms with Crippen LogP contribution < -0.4 is 10.2 Å². The van der Waals surface area contributed by atoms with E-state index < -0.39 is 5.91 Å². The summed E-state index contributed by atoms with van der Waals surface area (Å²) >= 11 is 5.93. The van der Waals surface area contributed by atoms with E-state index in [4.69, 9.17) is 11.6 Å². The predicted molar refractivity (Wildman–Crippen MR) is 71.9 cm³/mol. The number of carbonyl (C=O) groups excluding carboxylic acids is 1. The molecule has 0 bridgehead atoms. The van der Waals surface area contributed by atoms with Gasteiger partial charge >= 0.3 is 0 Å². The Bertz CT molecular complexity index is 612. The van der Waals surface area contributed by atoms with Gasteiger partial charge < -0.3 is 5.21 Å². The van der Waals surface area contributed by atoms with Gasteiger partial charge in [-0.15, -0.1) is 0 Å². The molecule has 0 aliphatic carbocycles. The molecule has 1 aromatic heterocycles. The minimum Gasteiger partial charge on any atom is -0.619 e. The Morgan fingerprint density at radius 2 is 1.95 bits per heavy atom. The van der Waals surface area contributed by atoms with Crippen molar-refractivity contribution in [2.24, 2.45) is 5.10 Å². The van der Waals surface area contributed by atoms with Gasteiger partial charge in [-0.2, -0.15) is 9.83 Å². The molecule has 96 valence electrons. The molecule has 1 heterocycles. The van der Waals surface area contributed by atoms with Crippen molar-refractivity contribution < 1.29 is 9.52 Å². The number of amides is 1. The van der Waals surface area contributed by atoms with Gasteiger partial charge in [0.05, 0.1) is 11.8 Å². The first-order chi connectivity index (χ1) is 9.16. The van der Waals surface area contributed by atoms with E-state index in [0.29, 0.717) is 20.9 Å². The number of halogens is 1. The summed E-state index contributed by atoms with van der Waals surface area (Å²) in [5.74, 6) is -0.399. The number of hydrazone groups is 1. The fraction of sp³-hybridized carbons (Fsp3) is 0. The Morgan fingerprint density at radius 3 is 2.63 bits per heavy atom. The van der Waals surface area contributed by atoms with E-state index in [1.54, 1.807) is 18.2 Å². The van der Waals surface area contributed by atoms with Crippen LogP contribution in [0.25, 0.3) is 0 Å². The highest BCUT2D eigenvalue weighted by Gasteiger charge is 2.04. The fourth-order valence-corrected chi connectivity index (χ4v) is 1.55. The molecule has 1 N–H and O–H groups in total. The Morgan fingerprint density at radius 1 is 1.26 bits per heavy atom. The molecule has 0 saturated heterocycles. The Hall–Kier alpha value is -2.40. The first-order valence-electron chi connectivity index (χ1n) is 5.43. The SMILES string of the molecule is O=C(N/N=C/c1ccccc1Cl)c1cc[n+]([O-])cc1. The van der Waals surface area contributed by atoms with Crippen molar-refractivity contribution in [2.45, 2.75) is 0 Å². The highest BCUT2D eigenvalue weighted by atomic mass is 35.5. The van der Waals surface area contributed by atoms with Crippen LogP contribution >= 0.6 is 11.6 Å². The summed E-state index contributed by atoms with van der Waals surface area (Å²) in [6, 6.07) is 9.95. The molecule has 0 unspecified atom stereocenters. The maximum Gasteiger partial charge on any atom is 0.271 e. The van der Waals surface area contributed by atoms with Gasteiger partial charge in [0.15, 0.2) is 12.4 Å². The molecule has 1 aromatic carbocycles. The third kappa shape index (κ3) is 3.53. The summed E-state index contributed by atoms with van der Waals surface area (Å²) in [6.07, 6.45) is 3.94. The number of hydrogen-bond acceptors (Lipinski definition) is 3. The van der Waals surface area contributed by atoms with Crippen molar-refractivity contribution in [3.63, 3.8) is 0 Å². The number of hydrogen-bond donors (Lipinski definition) is 1. The largest absolute Gasteiger partial charge is 0.619 e. The second kappa shape index (κ2) is 5.97. The van der Waals surface area contributed by atoms with Gasteiger partial charge in [-0.3, -0.25) is 4.79 Å². The molecule has 0 atom stereocenters. The number of rotatable bonds is 3. The van der Waals surface area contributed by atoms with E-state index in [2.05, 4.69) is 10.5 Å². The molecule has 6 heteroatoms. The van der Waals surface area contributed by atoms with Gasteiger partial charge in [0.1, 0.15) is 0 Å². The molecule has 0 fully saturated rings. The molecule has 2 rings (SSSR count). The maximum absolute atomic E-state index is 11.7. The van der Waals surface area contributed by atoms with E-state index in [9.17, 15) is 10.0 Å². The Kier molecular flexibility index (Phi) is 4.10. The second-order valence-electron chi connectivity index (χ2n) is 3.67. The average Bonchev–Trinajstić information content (AvgIpc) is 2.41. The van der Waals surface area contributed by atoms with Gasteiger partial charge in [-0.05, 0) is 6.07 Å². The van der Waals surface area contributed by atoms with Crippen molar-refractivity contribution in [3.8, 4) is 0 Å². The van der Waals surface area contributed by atoms with Crippen molar-refractivity contribution in [1.29, 1.82) is 0 Å². The van der Waals surface area contributed by atoms with Crippen LogP contribution in [0.2, 0.25) is 5.02 Å². The summed E-state index contributed by atoms with van der Waals surface area (Å²) in [5.41, 5.74) is 3.41. The molecular formula is C13H10ClN3O2. The highest BCUT2D eigenvalue weighted by Crippen LogP contribution is 2.12. The van der Waals surface area contributed by atoms with Crippen LogP contribution in [0, 0.1) is 5.21 Å². The molecule has 0 spiro atoms. The number of nitrogens with zero attached hydrogens (tertiary/aromatic N) is 2. The molecule has 0 saturated carbocycles. The lowest BCUT2D eigenvalue weighted by Crippen LogP contribution is -2.26. The third-order valence-corrected chi connectivity index (χ3v) is 2.68. The average molecular weight is 276 g/mol. The van der Waals surface area contributed by atoms with E-state index in [1.807, 2.05) is 6.07 Å². The summed E-state index contributed by atoms with van der Waals surface area (Å²) in [6.45, 7) is 0. The van der Waals surface area contributed by atoms with Crippen LogP contribution in [0.5, 0.6) is 0 Å². The summed E-state index contributed by atoms with van der Waals surface area (Å²) in [4.78, 5) is 11.7. The number of pyridine rings is 1. The zero-order valence-corrected chi connectivity index (χ0v) is 10.5. The van der Waals surface area contributed by atoms with Crippen molar-refractivity contribution in [2.75, 3.05) is 0 Å². The lowest BCUT2D eigenvalue weighted by molar-refractivity contribution is -0.605. The van der Waals surface area contributed by atoms with Crippen LogP contribution in [-0.2, 0) is 0 Å². The first-order valence-corrected chi connectivity index (χ1v) is 5.81. The molecule has 19 heavy (non-hydrogen) atoms. The Labute approximate surface area is 114 Å². The quantitative estimate of drug-likeness (QED) is 0.401. The van der Waals surface area contributed by atoms with Gasteiger partial charge in [-0.1, -0.05) is 29.8 Å². The molecule has 0 aliphatic rings. The minimum absolute atomic E-state index is 0.350. The van der Waals surface area contributed by atoms with Crippen molar-refractivity contribution >= 4 is 23.7 Å². The Balaban J connectivity index is 2.01. The number of carbonyl (C=O) groups is 1.